The van der Waals surface area contributed by atoms with Gasteiger partial charge in [0.2, 0.25) is 5.91 Å². The quantitative estimate of drug-likeness (QED) is 0.854. The zero-order valence-corrected chi connectivity index (χ0v) is 9.81. The second-order valence-electron chi connectivity index (χ2n) is 3.91. The Hall–Kier alpha value is -2.09. The summed E-state index contributed by atoms with van der Waals surface area (Å²) in [4.78, 5) is 10.7. The van der Waals surface area contributed by atoms with Gasteiger partial charge in [-0.3, -0.25) is 4.79 Å². The highest BCUT2D eigenvalue weighted by Gasteiger charge is 1.95. The summed E-state index contributed by atoms with van der Waals surface area (Å²) >= 11 is 0. The molecule has 0 radical (unpaired) electrons. The van der Waals surface area contributed by atoms with Crippen LogP contribution < -0.4 is 5.32 Å². The topological polar surface area (TPSA) is 29.1 Å². The molecule has 0 unspecified atom stereocenters. The molecule has 2 nitrogen and oxygen atoms in total. The Morgan fingerprint density at radius 2 is 1.94 bits per heavy atom. The Bertz CT molecular complexity index is 552. The molecule has 0 aliphatic carbocycles. The van der Waals surface area contributed by atoms with Crippen LogP contribution in [0.3, 0.4) is 0 Å². The minimum absolute atomic E-state index is 0.00688. The minimum Gasteiger partial charge on any atom is -0.353 e. The Morgan fingerprint density at radius 1 is 1.18 bits per heavy atom. The average molecular weight is 225 g/mol. The molecule has 86 valence electrons. The first-order chi connectivity index (χ1) is 8.27. The lowest BCUT2D eigenvalue weighted by atomic mass is 10.0. The van der Waals surface area contributed by atoms with Crippen molar-refractivity contribution in [2.75, 3.05) is 6.54 Å². The molecule has 0 atom stereocenters. The second kappa shape index (κ2) is 5.30. The first-order valence-electron chi connectivity index (χ1n) is 5.66. The predicted molar refractivity (Wildman–Crippen MR) is 71.7 cm³/mol. The van der Waals surface area contributed by atoms with Crippen LogP contribution in [0, 0.1) is 0 Å². The van der Waals surface area contributed by atoms with Crippen molar-refractivity contribution in [3.63, 3.8) is 0 Å². The van der Waals surface area contributed by atoms with E-state index < -0.39 is 0 Å². The number of carbonyl (C=O) groups is 1. The lowest BCUT2D eigenvalue weighted by molar-refractivity contribution is -0.118. The second-order valence-corrected chi connectivity index (χ2v) is 3.91. The highest BCUT2D eigenvalue weighted by atomic mass is 16.1. The van der Waals surface area contributed by atoms with Gasteiger partial charge in [-0.2, -0.15) is 0 Å². The van der Waals surface area contributed by atoms with E-state index in [0.29, 0.717) is 6.54 Å². The van der Waals surface area contributed by atoms with Crippen LogP contribution in [0.25, 0.3) is 16.8 Å². The average Bonchev–Trinajstić information content (AvgIpc) is 2.34. The largest absolute Gasteiger partial charge is 0.353 e. The van der Waals surface area contributed by atoms with E-state index in [4.69, 9.17) is 0 Å². The third kappa shape index (κ3) is 2.94. The van der Waals surface area contributed by atoms with Gasteiger partial charge in [0.1, 0.15) is 0 Å². The van der Waals surface area contributed by atoms with E-state index in [1.165, 1.54) is 23.3 Å². The number of hydrogen-bond donors (Lipinski definition) is 1. The van der Waals surface area contributed by atoms with Crippen LogP contribution in [0.4, 0.5) is 0 Å². The fourth-order valence-electron chi connectivity index (χ4n) is 1.78. The summed E-state index contributed by atoms with van der Waals surface area (Å²) in [6, 6.07) is 14.5. The summed E-state index contributed by atoms with van der Waals surface area (Å²) in [5.74, 6) is -0.00688. The van der Waals surface area contributed by atoms with Crippen LogP contribution in [-0.2, 0) is 4.79 Å². The molecule has 0 aromatic heterocycles. The van der Waals surface area contributed by atoms with Crippen LogP contribution in [0.5, 0.6) is 0 Å². The van der Waals surface area contributed by atoms with E-state index in [2.05, 4.69) is 29.6 Å². The van der Waals surface area contributed by atoms with Crippen LogP contribution >= 0.6 is 0 Å². The van der Waals surface area contributed by atoms with Crippen molar-refractivity contribution in [1.82, 2.24) is 5.32 Å². The predicted octanol–water partition coefficient (Wildman–Crippen LogP) is 2.99. The number of nitrogens with one attached hydrogen (secondary N) is 1. The van der Waals surface area contributed by atoms with Crippen LogP contribution in [0.2, 0.25) is 0 Å². The van der Waals surface area contributed by atoms with Crippen molar-refractivity contribution in [3.05, 3.63) is 54.1 Å². The lowest BCUT2D eigenvalue weighted by Gasteiger charge is -2.01. The number of carbonyl (C=O) groups excluding carboxylic acids is 1. The van der Waals surface area contributed by atoms with Crippen LogP contribution in [0.1, 0.15) is 12.5 Å². The van der Waals surface area contributed by atoms with E-state index in [1.807, 2.05) is 30.4 Å². The smallest absolute Gasteiger partial charge is 0.217 e. The van der Waals surface area contributed by atoms with Gasteiger partial charge in [0.25, 0.3) is 0 Å². The third-order valence-electron chi connectivity index (χ3n) is 2.59. The van der Waals surface area contributed by atoms with Gasteiger partial charge >= 0.3 is 0 Å². The van der Waals surface area contributed by atoms with Gasteiger partial charge in [0, 0.05) is 13.5 Å². The van der Waals surface area contributed by atoms with Crippen molar-refractivity contribution in [2.24, 2.45) is 0 Å². The Labute approximate surface area is 101 Å². The number of fused-ring (bicyclic) bond motifs is 1. The van der Waals surface area contributed by atoms with Gasteiger partial charge in [0.15, 0.2) is 0 Å². The number of rotatable bonds is 3. The van der Waals surface area contributed by atoms with E-state index in [1.54, 1.807) is 0 Å². The van der Waals surface area contributed by atoms with E-state index >= 15 is 0 Å². The van der Waals surface area contributed by atoms with E-state index in [0.717, 1.165) is 0 Å². The Kier molecular flexibility index (Phi) is 3.55. The standard InChI is InChI=1S/C15H15NO/c1-12(17)16-11-5-9-14-8-4-7-13-6-2-3-10-15(13)14/h2-10H,11H2,1H3,(H,16,17)/b9-5+. The normalized spacial score (nSPS) is 10.9. The van der Waals surface area contributed by atoms with Crippen molar-refractivity contribution in [2.45, 2.75) is 6.92 Å². The maximum Gasteiger partial charge on any atom is 0.217 e. The van der Waals surface area contributed by atoms with E-state index in [-0.39, 0.29) is 5.91 Å². The van der Waals surface area contributed by atoms with E-state index in [9.17, 15) is 4.79 Å². The Balaban J connectivity index is 2.21. The highest BCUT2D eigenvalue weighted by Crippen LogP contribution is 2.19. The van der Waals surface area contributed by atoms with Gasteiger partial charge in [-0.05, 0) is 16.3 Å². The third-order valence-corrected chi connectivity index (χ3v) is 2.59. The van der Waals surface area contributed by atoms with Gasteiger partial charge in [0.05, 0.1) is 0 Å². The summed E-state index contributed by atoms with van der Waals surface area (Å²) in [5, 5.41) is 5.20. The van der Waals surface area contributed by atoms with Crippen molar-refractivity contribution >= 4 is 22.8 Å². The maximum absolute atomic E-state index is 10.7. The zero-order valence-electron chi connectivity index (χ0n) is 9.81. The first-order valence-corrected chi connectivity index (χ1v) is 5.66. The first kappa shape index (κ1) is 11.4. The Morgan fingerprint density at radius 3 is 2.76 bits per heavy atom. The zero-order chi connectivity index (χ0) is 12.1. The molecule has 2 aromatic rings. The van der Waals surface area contributed by atoms with Gasteiger partial charge in [-0.15, -0.1) is 0 Å². The molecule has 0 saturated carbocycles. The monoisotopic (exact) mass is 225 g/mol. The van der Waals surface area contributed by atoms with Crippen molar-refractivity contribution in [1.29, 1.82) is 0 Å². The summed E-state index contributed by atoms with van der Waals surface area (Å²) in [6.07, 6.45) is 4.00. The maximum atomic E-state index is 10.7. The minimum atomic E-state index is -0.00688. The van der Waals surface area contributed by atoms with Gasteiger partial charge in [-0.25, -0.2) is 0 Å². The SMILES string of the molecule is CC(=O)NC/C=C/c1cccc2ccccc12. The summed E-state index contributed by atoms with van der Waals surface area (Å²) in [7, 11) is 0. The van der Waals surface area contributed by atoms with Crippen molar-refractivity contribution < 1.29 is 4.79 Å². The molecule has 1 N–H and O–H groups in total. The molecule has 0 heterocycles. The number of hydrogen-bond acceptors (Lipinski definition) is 1. The molecule has 2 rings (SSSR count). The molecule has 0 aliphatic rings. The molecule has 0 spiro atoms. The fourth-order valence-corrected chi connectivity index (χ4v) is 1.78. The highest BCUT2D eigenvalue weighted by molar-refractivity contribution is 5.90. The molecule has 0 fully saturated rings. The molecule has 17 heavy (non-hydrogen) atoms. The number of amides is 1. The van der Waals surface area contributed by atoms with Crippen molar-refractivity contribution in [3.8, 4) is 0 Å². The van der Waals surface area contributed by atoms with Gasteiger partial charge < -0.3 is 5.32 Å². The van der Waals surface area contributed by atoms with Crippen LogP contribution in [0.15, 0.2) is 48.5 Å². The molecular formula is C15H15NO. The van der Waals surface area contributed by atoms with Crippen LogP contribution in [-0.4, -0.2) is 12.5 Å². The summed E-state index contributed by atoms with van der Waals surface area (Å²) in [6.45, 7) is 2.09. The molecule has 0 bridgehead atoms. The fraction of sp³-hybridized carbons (Fsp3) is 0.133. The molecule has 0 aliphatic heterocycles. The molecule has 2 aromatic carbocycles. The summed E-state index contributed by atoms with van der Waals surface area (Å²) in [5.41, 5.74) is 1.17. The van der Waals surface area contributed by atoms with Gasteiger partial charge in [-0.1, -0.05) is 54.6 Å². The summed E-state index contributed by atoms with van der Waals surface area (Å²) < 4.78 is 0. The molecule has 2 heteroatoms. The molecule has 1 amide bonds. The molecule has 0 saturated heterocycles. The lowest BCUT2D eigenvalue weighted by Crippen LogP contribution is -2.19. The number of benzene rings is 2. The molecular weight excluding hydrogens is 210 g/mol.